The number of benzene rings is 1. The van der Waals surface area contributed by atoms with Crippen LogP contribution in [0.5, 0.6) is 0 Å². The second kappa shape index (κ2) is 9.88. The van der Waals surface area contributed by atoms with Crippen molar-refractivity contribution < 1.29 is 9.59 Å². The van der Waals surface area contributed by atoms with Crippen molar-refractivity contribution in [3.63, 3.8) is 0 Å². The van der Waals surface area contributed by atoms with E-state index in [2.05, 4.69) is 17.1 Å². The van der Waals surface area contributed by atoms with Crippen LogP contribution in [0.4, 0.5) is 0 Å². The van der Waals surface area contributed by atoms with E-state index < -0.39 is 0 Å². The summed E-state index contributed by atoms with van der Waals surface area (Å²) in [5.41, 5.74) is 0.752. The molecule has 3 rings (SSSR count). The molecule has 2 fully saturated rings. The molecule has 1 aromatic rings. The van der Waals surface area contributed by atoms with Crippen LogP contribution in [0.3, 0.4) is 0 Å². The van der Waals surface area contributed by atoms with Gasteiger partial charge >= 0.3 is 0 Å². The first-order valence-corrected chi connectivity index (χ1v) is 10.5. The van der Waals surface area contributed by atoms with E-state index in [1.165, 1.54) is 6.42 Å². The molecule has 0 saturated carbocycles. The number of piperidine rings is 1. The fourth-order valence-corrected chi connectivity index (χ4v) is 4.33. The van der Waals surface area contributed by atoms with E-state index >= 15 is 0 Å². The van der Waals surface area contributed by atoms with Gasteiger partial charge in [0.15, 0.2) is 0 Å². The van der Waals surface area contributed by atoms with Crippen LogP contribution in [0, 0.1) is 5.92 Å². The largest absolute Gasteiger partial charge is 0.340 e. The van der Waals surface area contributed by atoms with Gasteiger partial charge in [0.25, 0.3) is 5.91 Å². The van der Waals surface area contributed by atoms with Crippen LogP contribution in [0.2, 0.25) is 0 Å². The Hall–Kier alpha value is -1.88. The summed E-state index contributed by atoms with van der Waals surface area (Å²) in [6.45, 7) is 6.58. The molecule has 2 amide bonds. The van der Waals surface area contributed by atoms with Crippen molar-refractivity contribution in [1.82, 2.24) is 15.1 Å². The summed E-state index contributed by atoms with van der Waals surface area (Å²) in [6.07, 6.45) is 5.61. The molecule has 0 radical (unpaired) electrons. The quantitative estimate of drug-likeness (QED) is 0.802. The lowest BCUT2D eigenvalue weighted by atomic mass is 9.99. The van der Waals surface area contributed by atoms with Crippen molar-refractivity contribution in [2.75, 3.05) is 32.7 Å². The van der Waals surface area contributed by atoms with E-state index in [9.17, 15) is 9.59 Å². The number of likely N-dealkylation sites (tertiary alicyclic amines) is 1. The molecule has 5 nitrogen and oxygen atoms in total. The third-order valence-electron chi connectivity index (χ3n) is 5.93. The monoisotopic (exact) mass is 371 g/mol. The van der Waals surface area contributed by atoms with E-state index in [0.29, 0.717) is 18.2 Å². The second-order valence-electron chi connectivity index (χ2n) is 7.87. The Bertz CT molecular complexity index is 605. The van der Waals surface area contributed by atoms with Crippen molar-refractivity contribution in [2.24, 2.45) is 5.92 Å². The van der Waals surface area contributed by atoms with Crippen molar-refractivity contribution in [1.29, 1.82) is 0 Å². The molecule has 1 N–H and O–H groups in total. The van der Waals surface area contributed by atoms with Gasteiger partial charge in [-0.2, -0.15) is 0 Å². The van der Waals surface area contributed by atoms with Crippen LogP contribution >= 0.6 is 0 Å². The maximum Gasteiger partial charge on any atom is 0.253 e. The molecule has 2 saturated heterocycles. The molecule has 2 aliphatic rings. The number of nitrogens with one attached hydrogen (secondary N) is 1. The third-order valence-corrected chi connectivity index (χ3v) is 5.93. The molecule has 0 aliphatic carbocycles. The highest BCUT2D eigenvalue weighted by Gasteiger charge is 2.29. The minimum Gasteiger partial charge on any atom is -0.340 e. The first-order valence-electron chi connectivity index (χ1n) is 10.5. The van der Waals surface area contributed by atoms with Crippen molar-refractivity contribution >= 4 is 11.8 Å². The molecular formula is C22H33N3O2. The molecule has 0 bridgehead atoms. The highest BCUT2D eigenvalue weighted by Crippen LogP contribution is 2.22. The number of carbonyl (C=O) groups is 2. The number of hydrogen-bond donors (Lipinski definition) is 1. The summed E-state index contributed by atoms with van der Waals surface area (Å²) in [7, 11) is 0. The van der Waals surface area contributed by atoms with Gasteiger partial charge in [-0.25, -0.2) is 0 Å². The van der Waals surface area contributed by atoms with Crippen molar-refractivity contribution in [2.45, 2.75) is 51.5 Å². The van der Waals surface area contributed by atoms with Gasteiger partial charge in [-0.1, -0.05) is 25.1 Å². The van der Waals surface area contributed by atoms with Gasteiger partial charge in [-0.15, -0.1) is 0 Å². The number of nitrogens with zero attached hydrogens (tertiary/aromatic N) is 2. The number of carbonyl (C=O) groups excluding carboxylic acids is 2. The Kier molecular flexibility index (Phi) is 7.27. The summed E-state index contributed by atoms with van der Waals surface area (Å²) in [5.74, 6) is 1.07. The Morgan fingerprint density at radius 2 is 1.89 bits per heavy atom. The summed E-state index contributed by atoms with van der Waals surface area (Å²) in [6, 6.07) is 9.76. The van der Waals surface area contributed by atoms with Gasteiger partial charge in [0.2, 0.25) is 5.91 Å². The second-order valence-corrected chi connectivity index (χ2v) is 7.87. The smallest absolute Gasteiger partial charge is 0.253 e. The standard InChI is InChI=1S/C22H33N3O2/c1-2-14-25(21(26)9-8-18-10-13-23-17-18)20-11-15-24(16-12-20)22(27)19-6-4-3-5-7-19/h3-7,18,20,23H,2,8-17H2,1H3. The molecule has 1 aromatic carbocycles. The zero-order valence-corrected chi connectivity index (χ0v) is 16.5. The van der Waals surface area contributed by atoms with Crippen LogP contribution in [0.25, 0.3) is 0 Å². The summed E-state index contributed by atoms with van der Waals surface area (Å²) >= 11 is 0. The molecule has 1 unspecified atom stereocenters. The lowest BCUT2D eigenvalue weighted by Gasteiger charge is -2.39. The molecule has 1 atom stereocenters. The first-order chi connectivity index (χ1) is 13.2. The minimum absolute atomic E-state index is 0.108. The topological polar surface area (TPSA) is 52.7 Å². The SMILES string of the molecule is CCCN(C(=O)CCC1CCNC1)C1CCN(C(=O)c2ccccc2)CC1. The van der Waals surface area contributed by atoms with E-state index in [4.69, 9.17) is 0 Å². The fraction of sp³-hybridized carbons (Fsp3) is 0.636. The third kappa shape index (κ3) is 5.32. The summed E-state index contributed by atoms with van der Waals surface area (Å²) in [4.78, 5) is 29.5. The molecule has 2 heterocycles. The van der Waals surface area contributed by atoms with E-state index in [1.807, 2.05) is 35.2 Å². The van der Waals surface area contributed by atoms with E-state index in [0.717, 1.165) is 64.0 Å². The number of rotatable bonds is 7. The lowest BCUT2D eigenvalue weighted by Crippen LogP contribution is -2.49. The average Bonchev–Trinajstić information content (AvgIpc) is 3.24. The summed E-state index contributed by atoms with van der Waals surface area (Å²) in [5, 5.41) is 3.38. The average molecular weight is 372 g/mol. The van der Waals surface area contributed by atoms with Crippen LogP contribution in [-0.2, 0) is 4.79 Å². The van der Waals surface area contributed by atoms with Gasteiger partial charge in [0.05, 0.1) is 0 Å². The van der Waals surface area contributed by atoms with Crippen LogP contribution in [0.1, 0.15) is 55.8 Å². The Balaban J connectivity index is 1.51. The van der Waals surface area contributed by atoms with Gasteiger partial charge in [0.1, 0.15) is 0 Å². The molecule has 27 heavy (non-hydrogen) atoms. The van der Waals surface area contributed by atoms with E-state index in [-0.39, 0.29) is 11.9 Å². The van der Waals surface area contributed by atoms with E-state index in [1.54, 1.807) is 0 Å². The number of hydrogen-bond acceptors (Lipinski definition) is 3. The van der Waals surface area contributed by atoms with Crippen molar-refractivity contribution in [3.05, 3.63) is 35.9 Å². The maximum absolute atomic E-state index is 12.9. The Labute approximate surface area is 163 Å². The highest BCUT2D eigenvalue weighted by molar-refractivity contribution is 5.94. The van der Waals surface area contributed by atoms with Gasteiger partial charge in [-0.3, -0.25) is 9.59 Å². The molecule has 0 spiro atoms. The number of amides is 2. The highest BCUT2D eigenvalue weighted by atomic mass is 16.2. The molecule has 2 aliphatic heterocycles. The van der Waals surface area contributed by atoms with Crippen LogP contribution < -0.4 is 5.32 Å². The molecular weight excluding hydrogens is 338 g/mol. The van der Waals surface area contributed by atoms with Gasteiger partial charge in [0, 0.05) is 37.7 Å². The predicted molar refractivity (Wildman–Crippen MR) is 108 cm³/mol. The molecule has 5 heteroatoms. The van der Waals surface area contributed by atoms with Crippen LogP contribution in [0.15, 0.2) is 30.3 Å². The molecule has 0 aromatic heterocycles. The van der Waals surface area contributed by atoms with Gasteiger partial charge < -0.3 is 15.1 Å². The van der Waals surface area contributed by atoms with Crippen molar-refractivity contribution in [3.8, 4) is 0 Å². The zero-order chi connectivity index (χ0) is 19.1. The Morgan fingerprint density at radius 1 is 1.15 bits per heavy atom. The first kappa shape index (κ1) is 19.9. The molecule has 148 valence electrons. The Morgan fingerprint density at radius 3 is 2.52 bits per heavy atom. The summed E-state index contributed by atoms with van der Waals surface area (Å²) < 4.78 is 0. The zero-order valence-electron chi connectivity index (χ0n) is 16.5. The normalized spacial score (nSPS) is 20.6. The van der Waals surface area contributed by atoms with Gasteiger partial charge in [-0.05, 0) is 63.2 Å². The van der Waals surface area contributed by atoms with Crippen LogP contribution in [-0.4, -0.2) is 60.4 Å². The fourth-order valence-electron chi connectivity index (χ4n) is 4.33. The minimum atomic E-state index is 0.108. The predicted octanol–water partition coefficient (Wildman–Crippen LogP) is 2.92. The lowest BCUT2D eigenvalue weighted by molar-refractivity contribution is -0.134. The maximum atomic E-state index is 12.9.